The van der Waals surface area contributed by atoms with Crippen LogP contribution in [0, 0.1) is 0 Å². The van der Waals surface area contributed by atoms with Gasteiger partial charge in [0.25, 0.3) is 0 Å². The van der Waals surface area contributed by atoms with E-state index < -0.39 is 0 Å². The van der Waals surface area contributed by atoms with Crippen LogP contribution in [0.5, 0.6) is 5.75 Å². The van der Waals surface area contributed by atoms with Gasteiger partial charge in [0.15, 0.2) is 0 Å². The molecular formula is C17H23NO2. The fraction of sp³-hybridized carbons (Fsp3) is 0.412. The van der Waals surface area contributed by atoms with Gasteiger partial charge in [-0.3, -0.25) is 0 Å². The second-order valence-corrected chi connectivity index (χ2v) is 4.91. The van der Waals surface area contributed by atoms with E-state index in [0.29, 0.717) is 6.04 Å². The van der Waals surface area contributed by atoms with Crippen LogP contribution in [0.4, 0.5) is 0 Å². The smallest absolute Gasteiger partial charge is 0.126 e. The lowest BCUT2D eigenvalue weighted by atomic mass is 10.0. The summed E-state index contributed by atoms with van der Waals surface area (Å²) in [4.78, 5) is 0. The Bertz CT molecular complexity index is 554. The van der Waals surface area contributed by atoms with Crippen LogP contribution in [0.25, 0.3) is 10.8 Å². The Labute approximate surface area is 120 Å². The topological polar surface area (TPSA) is 30.5 Å². The number of ether oxygens (including phenoxy) is 2. The van der Waals surface area contributed by atoms with Crippen molar-refractivity contribution in [2.24, 2.45) is 0 Å². The molecule has 3 nitrogen and oxygen atoms in total. The zero-order chi connectivity index (χ0) is 14.4. The molecule has 0 saturated heterocycles. The van der Waals surface area contributed by atoms with E-state index in [2.05, 4.69) is 36.5 Å². The molecular weight excluding hydrogens is 250 g/mol. The van der Waals surface area contributed by atoms with Crippen LogP contribution in [0.3, 0.4) is 0 Å². The van der Waals surface area contributed by atoms with Crippen molar-refractivity contribution in [3.63, 3.8) is 0 Å². The summed E-state index contributed by atoms with van der Waals surface area (Å²) < 4.78 is 10.8. The zero-order valence-corrected chi connectivity index (χ0v) is 12.5. The van der Waals surface area contributed by atoms with E-state index in [0.717, 1.165) is 30.9 Å². The highest BCUT2D eigenvalue weighted by molar-refractivity contribution is 5.91. The van der Waals surface area contributed by atoms with Crippen LogP contribution in [0.15, 0.2) is 36.4 Å². The monoisotopic (exact) mass is 273 g/mol. The normalized spacial score (nSPS) is 12.6. The van der Waals surface area contributed by atoms with Crippen molar-refractivity contribution in [2.75, 3.05) is 20.3 Å². The summed E-state index contributed by atoms with van der Waals surface area (Å²) in [6.45, 7) is 6.49. The number of methoxy groups -OCH3 is 1. The van der Waals surface area contributed by atoms with Gasteiger partial charge in [-0.2, -0.15) is 0 Å². The number of nitrogens with one attached hydrogen (secondary N) is 1. The predicted octanol–water partition coefficient (Wildman–Crippen LogP) is 3.36. The second kappa shape index (κ2) is 7.27. The van der Waals surface area contributed by atoms with E-state index >= 15 is 0 Å². The average Bonchev–Trinajstić information content (AvgIpc) is 2.50. The quantitative estimate of drug-likeness (QED) is 0.839. The molecule has 2 aromatic carbocycles. The van der Waals surface area contributed by atoms with Crippen molar-refractivity contribution in [1.82, 2.24) is 5.32 Å². The molecule has 0 radical (unpaired) electrons. The van der Waals surface area contributed by atoms with Gasteiger partial charge in [0.2, 0.25) is 0 Å². The summed E-state index contributed by atoms with van der Waals surface area (Å²) in [5.74, 6) is 0.923. The first-order valence-electron chi connectivity index (χ1n) is 7.12. The summed E-state index contributed by atoms with van der Waals surface area (Å²) in [5, 5.41) is 5.90. The maximum Gasteiger partial charge on any atom is 0.126 e. The number of benzene rings is 2. The minimum Gasteiger partial charge on any atom is -0.496 e. The van der Waals surface area contributed by atoms with Gasteiger partial charge in [0.05, 0.1) is 13.7 Å². The summed E-state index contributed by atoms with van der Waals surface area (Å²) in [5.41, 5.74) is 1.28. The molecule has 0 spiro atoms. The van der Waals surface area contributed by atoms with E-state index in [9.17, 15) is 0 Å². The van der Waals surface area contributed by atoms with Gasteiger partial charge in [-0.15, -0.1) is 0 Å². The van der Waals surface area contributed by atoms with Crippen molar-refractivity contribution in [3.05, 3.63) is 42.0 Å². The molecule has 1 atom stereocenters. The molecule has 108 valence electrons. The number of hydrogen-bond donors (Lipinski definition) is 1. The molecule has 2 rings (SSSR count). The minimum absolute atomic E-state index is 0.343. The summed E-state index contributed by atoms with van der Waals surface area (Å²) >= 11 is 0. The third-order valence-corrected chi connectivity index (χ3v) is 3.41. The molecule has 0 aliphatic rings. The van der Waals surface area contributed by atoms with Crippen LogP contribution in [0.1, 0.15) is 19.4 Å². The Kier molecular flexibility index (Phi) is 5.39. The van der Waals surface area contributed by atoms with Crippen LogP contribution in [-0.2, 0) is 11.3 Å². The van der Waals surface area contributed by atoms with Gasteiger partial charge in [0, 0.05) is 24.6 Å². The van der Waals surface area contributed by atoms with E-state index in [1.165, 1.54) is 10.9 Å². The molecule has 1 unspecified atom stereocenters. The molecule has 0 aromatic heterocycles. The Morgan fingerprint density at radius 2 is 1.85 bits per heavy atom. The summed E-state index contributed by atoms with van der Waals surface area (Å²) in [6.07, 6.45) is 0. The number of hydrogen-bond acceptors (Lipinski definition) is 3. The predicted molar refractivity (Wildman–Crippen MR) is 83.3 cm³/mol. The lowest BCUT2D eigenvalue weighted by Crippen LogP contribution is -2.30. The minimum atomic E-state index is 0.343. The number of rotatable bonds is 7. The van der Waals surface area contributed by atoms with E-state index in [1.807, 2.05) is 19.1 Å². The molecule has 0 amide bonds. The van der Waals surface area contributed by atoms with E-state index in [-0.39, 0.29) is 0 Å². The zero-order valence-electron chi connectivity index (χ0n) is 12.5. The van der Waals surface area contributed by atoms with Crippen molar-refractivity contribution >= 4 is 10.8 Å². The molecule has 3 heteroatoms. The SMILES string of the molecule is CCOCC(C)NCc1ccc(OC)c2ccccc12. The fourth-order valence-corrected chi connectivity index (χ4v) is 2.30. The highest BCUT2D eigenvalue weighted by Gasteiger charge is 2.07. The third-order valence-electron chi connectivity index (χ3n) is 3.41. The highest BCUT2D eigenvalue weighted by atomic mass is 16.5. The van der Waals surface area contributed by atoms with Crippen LogP contribution < -0.4 is 10.1 Å². The van der Waals surface area contributed by atoms with Crippen molar-refractivity contribution in [1.29, 1.82) is 0 Å². The molecule has 20 heavy (non-hydrogen) atoms. The molecule has 0 aliphatic heterocycles. The van der Waals surface area contributed by atoms with Gasteiger partial charge in [-0.25, -0.2) is 0 Å². The first-order valence-corrected chi connectivity index (χ1v) is 7.12. The van der Waals surface area contributed by atoms with Gasteiger partial charge >= 0.3 is 0 Å². The lowest BCUT2D eigenvalue weighted by molar-refractivity contribution is 0.127. The van der Waals surface area contributed by atoms with Gasteiger partial charge in [-0.05, 0) is 30.9 Å². The first-order chi connectivity index (χ1) is 9.76. The van der Waals surface area contributed by atoms with E-state index in [1.54, 1.807) is 7.11 Å². The molecule has 1 N–H and O–H groups in total. The third kappa shape index (κ3) is 3.50. The molecule has 0 fully saturated rings. The highest BCUT2D eigenvalue weighted by Crippen LogP contribution is 2.28. The first kappa shape index (κ1) is 14.8. The van der Waals surface area contributed by atoms with Gasteiger partial charge in [0.1, 0.15) is 5.75 Å². The maximum absolute atomic E-state index is 5.43. The molecule has 0 heterocycles. The maximum atomic E-state index is 5.43. The van der Waals surface area contributed by atoms with Crippen molar-refractivity contribution < 1.29 is 9.47 Å². The molecule has 0 aliphatic carbocycles. The van der Waals surface area contributed by atoms with Crippen LogP contribution in [-0.4, -0.2) is 26.4 Å². The molecule has 0 saturated carbocycles. The average molecular weight is 273 g/mol. The molecule has 2 aromatic rings. The van der Waals surface area contributed by atoms with E-state index in [4.69, 9.17) is 9.47 Å². The van der Waals surface area contributed by atoms with Crippen molar-refractivity contribution in [3.8, 4) is 5.75 Å². The van der Waals surface area contributed by atoms with Crippen molar-refractivity contribution in [2.45, 2.75) is 26.4 Å². The Balaban J connectivity index is 2.14. The second-order valence-electron chi connectivity index (χ2n) is 4.91. The Morgan fingerprint density at radius 3 is 2.55 bits per heavy atom. The van der Waals surface area contributed by atoms with Gasteiger partial charge in [-0.1, -0.05) is 30.3 Å². The Hall–Kier alpha value is -1.58. The lowest BCUT2D eigenvalue weighted by Gasteiger charge is -2.15. The fourth-order valence-electron chi connectivity index (χ4n) is 2.30. The number of fused-ring (bicyclic) bond motifs is 1. The standard InChI is InChI=1S/C17H23NO2/c1-4-20-12-13(2)18-11-14-9-10-17(19-3)16-8-6-5-7-15(14)16/h5-10,13,18H,4,11-12H2,1-3H3. The Morgan fingerprint density at radius 1 is 1.10 bits per heavy atom. The summed E-state index contributed by atoms with van der Waals surface area (Å²) in [6, 6.07) is 12.8. The molecule has 0 bridgehead atoms. The van der Waals surface area contributed by atoms with Gasteiger partial charge < -0.3 is 14.8 Å². The summed E-state index contributed by atoms with van der Waals surface area (Å²) in [7, 11) is 1.71. The van der Waals surface area contributed by atoms with Crippen LogP contribution in [0.2, 0.25) is 0 Å². The van der Waals surface area contributed by atoms with Crippen LogP contribution >= 0.6 is 0 Å². The largest absolute Gasteiger partial charge is 0.496 e.